The molecule has 0 bridgehead atoms. The molecule has 16 heavy (non-hydrogen) atoms. The highest BCUT2D eigenvalue weighted by molar-refractivity contribution is 9.09. The Morgan fingerprint density at radius 2 is 2.31 bits per heavy atom. The van der Waals surface area contributed by atoms with E-state index < -0.39 is 0 Å². The van der Waals surface area contributed by atoms with E-state index in [0.29, 0.717) is 4.83 Å². The SMILES string of the molecule is CCC1CCC(Br)C(Cc2cnn(C)c2)C1. The Balaban J connectivity index is 1.96. The van der Waals surface area contributed by atoms with E-state index >= 15 is 0 Å². The van der Waals surface area contributed by atoms with Crippen molar-refractivity contribution in [1.29, 1.82) is 0 Å². The van der Waals surface area contributed by atoms with E-state index in [1.165, 1.54) is 37.7 Å². The summed E-state index contributed by atoms with van der Waals surface area (Å²) in [6.07, 6.45) is 10.8. The monoisotopic (exact) mass is 284 g/mol. The number of halogens is 1. The van der Waals surface area contributed by atoms with Crippen molar-refractivity contribution in [3.63, 3.8) is 0 Å². The Bertz CT molecular complexity index is 334. The van der Waals surface area contributed by atoms with Crippen molar-refractivity contribution in [1.82, 2.24) is 9.78 Å². The molecule has 3 atom stereocenters. The lowest BCUT2D eigenvalue weighted by atomic mass is 9.78. The fourth-order valence-corrected chi connectivity index (χ4v) is 3.45. The number of hydrogen-bond acceptors (Lipinski definition) is 1. The average Bonchev–Trinajstić information content (AvgIpc) is 2.67. The summed E-state index contributed by atoms with van der Waals surface area (Å²) in [5.74, 6) is 1.73. The molecule has 1 aliphatic rings. The van der Waals surface area contributed by atoms with Crippen molar-refractivity contribution in [3.05, 3.63) is 18.0 Å². The van der Waals surface area contributed by atoms with Gasteiger partial charge in [-0.3, -0.25) is 4.68 Å². The molecule has 1 heterocycles. The Hall–Kier alpha value is -0.310. The van der Waals surface area contributed by atoms with Gasteiger partial charge in [-0.2, -0.15) is 5.10 Å². The van der Waals surface area contributed by atoms with Gasteiger partial charge in [0, 0.05) is 18.1 Å². The van der Waals surface area contributed by atoms with Crippen LogP contribution in [0.25, 0.3) is 0 Å². The molecule has 3 unspecified atom stereocenters. The van der Waals surface area contributed by atoms with E-state index in [2.05, 4.69) is 34.1 Å². The van der Waals surface area contributed by atoms with E-state index in [0.717, 1.165) is 11.8 Å². The molecule has 0 N–H and O–H groups in total. The van der Waals surface area contributed by atoms with Crippen LogP contribution in [0, 0.1) is 11.8 Å². The molecule has 1 aromatic rings. The summed E-state index contributed by atoms with van der Waals surface area (Å²) in [4.78, 5) is 0.704. The zero-order valence-corrected chi connectivity index (χ0v) is 11.8. The van der Waals surface area contributed by atoms with Crippen LogP contribution < -0.4 is 0 Å². The normalized spacial score (nSPS) is 30.6. The third kappa shape index (κ3) is 2.88. The summed E-state index contributed by atoms with van der Waals surface area (Å²) in [6, 6.07) is 0. The molecule has 1 fully saturated rings. The summed E-state index contributed by atoms with van der Waals surface area (Å²) in [5, 5.41) is 4.25. The first-order valence-corrected chi connectivity index (χ1v) is 7.22. The summed E-state index contributed by atoms with van der Waals surface area (Å²) < 4.78 is 1.90. The van der Waals surface area contributed by atoms with Crippen LogP contribution in [0.5, 0.6) is 0 Å². The Kier molecular flexibility index (Phi) is 4.06. The smallest absolute Gasteiger partial charge is 0.0521 e. The van der Waals surface area contributed by atoms with Crippen LogP contribution in [0.3, 0.4) is 0 Å². The lowest BCUT2D eigenvalue weighted by molar-refractivity contribution is 0.271. The summed E-state index contributed by atoms with van der Waals surface area (Å²) in [7, 11) is 1.99. The molecule has 0 radical (unpaired) electrons. The fraction of sp³-hybridized carbons (Fsp3) is 0.769. The number of rotatable bonds is 3. The van der Waals surface area contributed by atoms with Crippen LogP contribution in [0.2, 0.25) is 0 Å². The minimum absolute atomic E-state index is 0.704. The standard InChI is InChI=1S/C13H21BrN2/c1-3-10-4-5-13(14)12(6-10)7-11-8-15-16(2)9-11/h8-10,12-13H,3-7H2,1-2H3. The van der Waals surface area contributed by atoms with Crippen LogP contribution in [0.1, 0.15) is 38.2 Å². The van der Waals surface area contributed by atoms with Gasteiger partial charge in [0.2, 0.25) is 0 Å². The largest absolute Gasteiger partial charge is 0.276 e. The Labute approximate surface area is 107 Å². The van der Waals surface area contributed by atoms with Gasteiger partial charge in [-0.25, -0.2) is 0 Å². The number of alkyl halides is 1. The molecule has 1 aliphatic carbocycles. The summed E-state index contributed by atoms with van der Waals surface area (Å²) in [5.41, 5.74) is 1.38. The Morgan fingerprint density at radius 3 is 2.94 bits per heavy atom. The quantitative estimate of drug-likeness (QED) is 0.777. The highest BCUT2D eigenvalue weighted by atomic mass is 79.9. The second-order valence-electron chi connectivity index (χ2n) is 5.09. The molecule has 90 valence electrons. The fourth-order valence-electron chi connectivity index (χ4n) is 2.79. The maximum Gasteiger partial charge on any atom is 0.0521 e. The molecule has 1 saturated carbocycles. The highest BCUT2D eigenvalue weighted by Crippen LogP contribution is 2.36. The average molecular weight is 285 g/mol. The van der Waals surface area contributed by atoms with Gasteiger partial charge in [-0.05, 0) is 43.1 Å². The van der Waals surface area contributed by atoms with Crippen LogP contribution in [0.4, 0.5) is 0 Å². The maximum atomic E-state index is 4.25. The molecule has 0 amide bonds. The Morgan fingerprint density at radius 1 is 1.50 bits per heavy atom. The van der Waals surface area contributed by atoms with Crippen LogP contribution >= 0.6 is 15.9 Å². The summed E-state index contributed by atoms with van der Waals surface area (Å²) in [6.45, 7) is 2.32. The van der Waals surface area contributed by atoms with E-state index in [-0.39, 0.29) is 0 Å². The van der Waals surface area contributed by atoms with Crippen molar-refractivity contribution < 1.29 is 0 Å². The first-order chi connectivity index (χ1) is 7.69. The number of nitrogens with zero attached hydrogens (tertiary/aromatic N) is 2. The number of hydrogen-bond donors (Lipinski definition) is 0. The topological polar surface area (TPSA) is 17.8 Å². The zero-order chi connectivity index (χ0) is 11.5. The lowest BCUT2D eigenvalue weighted by Crippen LogP contribution is -2.26. The molecular weight excluding hydrogens is 264 g/mol. The molecule has 0 aliphatic heterocycles. The van der Waals surface area contributed by atoms with Gasteiger partial charge in [-0.1, -0.05) is 29.3 Å². The third-order valence-corrected chi connectivity index (χ3v) is 5.04. The minimum atomic E-state index is 0.704. The maximum absolute atomic E-state index is 4.25. The lowest BCUT2D eigenvalue weighted by Gasteiger charge is -2.32. The predicted molar refractivity (Wildman–Crippen MR) is 70.7 cm³/mol. The first-order valence-electron chi connectivity index (χ1n) is 6.30. The molecule has 2 rings (SSSR count). The van der Waals surface area contributed by atoms with Gasteiger partial charge in [-0.15, -0.1) is 0 Å². The van der Waals surface area contributed by atoms with Gasteiger partial charge in [0.05, 0.1) is 6.20 Å². The molecule has 3 heteroatoms. The minimum Gasteiger partial charge on any atom is -0.276 e. The van der Waals surface area contributed by atoms with Crippen molar-refractivity contribution in [2.24, 2.45) is 18.9 Å². The van der Waals surface area contributed by atoms with Crippen LogP contribution in [0.15, 0.2) is 12.4 Å². The predicted octanol–water partition coefficient (Wildman–Crippen LogP) is 3.55. The van der Waals surface area contributed by atoms with Crippen LogP contribution in [-0.2, 0) is 13.5 Å². The van der Waals surface area contributed by atoms with Crippen molar-refractivity contribution in [2.75, 3.05) is 0 Å². The second kappa shape index (κ2) is 5.35. The molecule has 2 nitrogen and oxygen atoms in total. The third-order valence-electron chi connectivity index (χ3n) is 3.83. The van der Waals surface area contributed by atoms with Gasteiger partial charge in [0.15, 0.2) is 0 Å². The van der Waals surface area contributed by atoms with E-state index in [9.17, 15) is 0 Å². The van der Waals surface area contributed by atoms with Gasteiger partial charge in [0.1, 0.15) is 0 Å². The number of aromatic nitrogens is 2. The molecule has 1 aromatic heterocycles. The van der Waals surface area contributed by atoms with Gasteiger partial charge >= 0.3 is 0 Å². The van der Waals surface area contributed by atoms with E-state index in [1.807, 2.05) is 17.9 Å². The molecule has 0 saturated heterocycles. The van der Waals surface area contributed by atoms with Crippen molar-refractivity contribution >= 4 is 15.9 Å². The van der Waals surface area contributed by atoms with Gasteiger partial charge < -0.3 is 0 Å². The highest BCUT2D eigenvalue weighted by Gasteiger charge is 2.28. The second-order valence-corrected chi connectivity index (χ2v) is 6.27. The van der Waals surface area contributed by atoms with E-state index in [4.69, 9.17) is 0 Å². The first kappa shape index (κ1) is 12.2. The van der Waals surface area contributed by atoms with Crippen LogP contribution in [-0.4, -0.2) is 14.6 Å². The molecule has 0 aromatic carbocycles. The van der Waals surface area contributed by atoms with Crippen molar-refractivity contribution in [3.8, 4) is 0 Å². The summed E-state index contributed by atoms with van der Waals surface area (Å²) >= 11 is 3.85. The number of aryl methyl sites for hydroxylation is 1. The zero-order valence-electron chi connectivity index (χ0n) is 10.2. The van der Waals surface area contributed by atoms with Gasteiger partial charge in [0.25, 0.3) is 0 Å². The molecule has 0 spiro atoms. The van der Waals surface area contributed by atoms with E-state index in [1.54, 1.807) is 0 Å². The molecular formula is C13H21BrN2. The van der Waals surface area contributed by atoms with Crippen molar-refractivity contribution in [2.45, 2.75) is 43.9 Å².